The molecule has 0 fully saturated rings. The molecule has 0 aromatic rings. The number of unbranched alkanes of at least 4 members (excludes halogenated alkanes) is 27. The zero-order chi connectivity index (χ0) is 34.2. The molecule has 0 amide bonds. The summed E-state index contributed by atoms with van der Waals surface area (Å²) in [6, 6.07) is 0. The van der Waals surface area contributed by atoms with E-state index in [0.29, 0.717) is 18.9 Å². The molecule has 0 heterocycles. The minimum Gasteiger partial charge on any atom is -0.550 e. The van der Waals surface area contributed by atoms with E-state index in [9.17, 15) is 14.7 Å². The van der Waals surface area contributed by atoms with Gasteiger partial charge in [0.25, 0.3) is 0 Å². The molecule has 0 aliphatic rings. The summed E-state index contributed by atoms with van der Waals surface area (Å²) in [5, 5.41) is 10.2. The third kappa shape index (κ3) is 42.9. The fourth-order valence-electron chi connectivity index (χ4n) is 6.11. The van der Waals surface area contributed by atoms with Crippen molar-refractivity contribution in [2.75, 3.05) is 6.61 Å². The van der Waals surface area contributed by atoms with E-state index in [-0.39, 0.29) is 12.4 Å². The predicted octanol–water partition coefficient (Wildman–Crippen LogP) is 13.2. The molecule has 276 valence electrons. The van der Waals surface area contributed by atoms with Gasteiger partial charge in [-0.05, 0) is 31.6 Å². The molecule has 1 atom stereocenters. The van der Waals surface area contributed by atoms with Gasteiger partial charge in [-0.25, -0.2) is 0 Å². The van der Waals surface area contributed by atoms with Gasteiger partial charge in [-0.3, -0.25) is 4.79 Å². The Hall–Kier alpha value is -1.06. The number of hydrogen-bond donors (Lipinski definition) is 0. The molecule has 0 saturated carbocycles. The van der Waals surface area contributed by atoms with Gasteiger partial charge in [0.2, 0.25) is 0 Å². The summed E-state index contributed by atoms with van der Waals surface area (Å²) < 4.78 is 5.46. The summed E-state index contributed by atoms with van der Waals surface area (Å²) in [6.07, 6.45) is 42.7. The second kappa shape index (κ2) is 42.0. The van der Waals surface area contributed by atoms with Crippen molar-refractivity contribution < 1.29 is 19.4 Å². The van der Waals surface area contributed by atoms with Crippen LogP contribution in [0.4, 0.5) is 0 Å². The third-order valence-corrected chi connectivity index (χ3v) is 9.49. The molecule has 0 rings (SSSR count). The van der Waals surface area contributed by atoms with Crippen molar-refractivity contribution in [3.8, 4) is 0 Å². The van der Waals surface area contributed by atoms with Crippen molar-refractivity contribution in [3.05, 3.63) is 0 Å². The highest BCUT2D eigenvalue weighted by Gasteiger charge is 2.09. The van der Waals surface area contributed by atoms with Gasteiger partial charge in [-0.15, -0.1) is 0 Å². The molecular formula is C42H83O4-. The first-order valence-corrected chi connectivity index (χ1v) is 20.9. The average Bonchev–Trinajstić information content (AvgIpc) is 3.05. The summed E-state index contributed by atoms with van der Waals surface area (Å²) in [4.78, 5) is 22.0. The average molecular weight is 652 g/mol. The van der Waals surface area contributed by atoms with E-state index in [1.807, 2.05) is 0 Å². The molecule has 0 aromatic carbocycles. The number of carbonyl (C=O) groups is 2. The van der Waals surface area contributed by atoms with Crippen LogP contribution in [0.1, 0.15) is 246 Å². The maximum atomic E-state index is 11.8. The van der Waals surface area contributed by atoms with Gasteiger partial charge in [-0.1, -0.05) is 214 Å². The molecule has 0 radical (unpaired) electrons. The smallest absolute Gasteiger partial charge is 0.305 e. The number of rotatable bonds is 36. The monoisotopic (exact) mass is 652 g/mol. The van der Waals surface area contributed by atoms with E-state index in [0.717, 1.165) is 25.7 Å². The van der Waals surface area contributed by atoms with Gasteiger partial charge in [0.05, 0.1) is 6.61 Å². The largest absolute Gasteiger partial charge is 0.550 e. The molecule has 0 N–H and O–H groups in total. The lowest BCUT2D eigenvalue weighted by molar-refractivity contribution is -0.305. The number of hydrogen-bond acceptors (Lipinski definition) is 4. The molecule has 1 unspecified atom stereocenters. The van der Waals surface area contributed by atoms with Crippen LogP contribution in [-0.2, 0) is 14.3 Å². The van der Waals surface area contributed by atoms with Crippen LogP contribution in [0.3, 0.4) is 0 Å². The van der Waals surface area contributed by atoms with Crippen molar-refractivity contribution >= 4 is 11.9 Å². The molecule has 0 aromatic heterocycles. The van der Waals surface area contributed by atoms with Crippen LogP contribution in [0.5, 0.6) is 0 Å². The van der Waals surface area contributed by atoms with Crippen LogP contribution < -0.4 is 5.11 Å². The standard InChI is InChI=1S/C24H48O2.C18H36O2/c1-4-7-9-10-11-12-13-14-15-16-17-18-19-21-24(25)26-22-23(6-3)20-8-5-2;1-2-3-4-5-6-7-8-9-10-11-12-13-14-15-16-17-18(19)20/h23H,4-22H2,1-3H3;2-17H2,1H3,(H,19,20)/p-1. The van der Waals surface area contributed by atoms with Crippen LogP contribution in [0.15, 0.2) is 0 Å². The van der Waals surface area contributed by atoms with Crippen molar-refractivity contribution in [1.82, 2.24) is 0 Å². The first-order valence-electron chi connectivity index (χ1n) is 20.9. The molecule has 4 nitrogen and oxygen atoms in total. The highest BCUT2D eigenvalue weighted by molar-refractivity contribution is 5.69. The van der Waals surface area contributed by atoms with Gasteiger partial charge in [0, 0.05) is 12.4 Å². The summed E-state index contributed by atoms with van der Waals surface area (Å²) in [7, 11) is 0. The number of esters is 1. The molecule has 0 saturated heterocycles. The zero-order valence-electron chi connectivity index (χ0n) is 32.0. The van der Waals surface area contributed by atoms with Crippen molar-refractivity contribution in [2.45, 2.75) is 246 Å². The number of carboxylic acids is 1. The van der Waals surface area contributed by atoms with Gasteiger partial charge < -0.3 is 14.6 Å². The fraction of sp³-hybridized carbons (Fsp3) is 0.952. The Balaban J connectivity index is 0. The predicted molar refractivity (Wildman–Crippen MR) is 199 cm³/mol. The summed E-state index contributed by atoms with van der Waals surface area (Å²) in [5.74, 6) is -0.326. The first kappa shape index (κ1) is 47.1. The molecule has 0 aliphatic heterocycles. The summed E-state index contributed by atoms with van der Waals surface area (Å²) in [5.41, 5.74) is 0. The summed E-state index contributed by atoms with van der Waals surface area (Å²) >= 11 is 0. The molecule has 46 heavy (non-hydrogen) atoms. The topological polar surface area (TPSA) is 66.4 Å². The normalized spacial score (nSPS) is 11.7. The Morgan fingerprint density at radius 3 is 1.04 bits per heavy atom. The van der Waals surface area contributed by atoms with E-state index in [2.05, 4.69) is 27.7 Å². The SMILES string of the molecule is CCCCCCCCCCCCCCCC(=O)OCC(CC)CCCC.CCCCCCCCCCCCCCCCCC(=O)[O-]. The Morgan fingerprint density at radius 2 is 0.739 bits per heavy atom. The van der Waals surface area contributed by atoms with Crippen LogP contribution in [0.25, 0.3) is 0 Å². The number of aliphatic carboxylic acids is 1. The van der Waals surface area contributed by atoms with Crippen molar-refractivity contribution in [3.63, 3.8) is 0 Å². The lowest BCUT2D eigenvalue weighted by atomic mass is 10.0. The van der Waals surface area contributed by atoms with Gasteiger partial charge in [0.1, 0.15) is 0 Å². The van der Waals surface area contributed by atoms with Gasteiger partial charge in [-0.2, -0.15) is 0 Å². The quantitative estimate of drug-likeness (QED) is 0.0499. The van der Waals surface area contributed by atoms with E-state index < -0.39 is 5.97 Å². The molecule has 0 spiro atoms. The molecular weight excluding hydrogens is 568 g/mol. The lowest BCUT2D eigenvalue weighted by Crippen LogP contribution is -2.21. The van der Waals surface area contributed by atoms with E-state index in [1.165, 1.54) is 180 Å². The number of ether oxygens (including phenoxy) is 1. The number of carboxylic acid groups (broad SMARTS) is 1. The molecule has 4 heteroatoms. The van der Waals surface area contributed by atoms with E-state index in [1.54, 1.807) is 0 Å². The zero-order valence-corrected chi connectivity index (χ0v) is 32.0. The number of carbonyl (C=O) groups excluding carboxylic acids is 2. The van der Waals surface area contributed by atoms with Crippen molar-refractivity contribution in [2.24, 2.45) is 5.92 Å². The minimum absolute atomic E-state index is 0.0167. The van der Waals surface area contributed by atoms with Crippen molar-refractivity contribution in [1.29, 1.82) is 0 Å². The second-order valence-corrected chi connectivity index (χ2v) is 14.2. The van der Waals surface area contributed by atoms with Gasteiger partial charge in [0.15, 0.2) is 0 Å². The molecule has 0 aliphatic carbocycles. The molecule has 0 bridgehead atoms. The second-order valence-electron chi connectivity index (χ2n) is 14.2. The van der Waals surface area contributed by atoms with Crippen LogP contribution >= 0.6 is 0 Å². The Labute approximate surface area is 289 Å². The first-order chi connectivity index (χ1) is 22.5. The Bertz CT molecular complexity index is 590. The van der Waals surface area contributed by atoms with E-state index >= 15 is 0 Å². The highest BCUT2D eigenvalue weighted by Crippen LogP contribution is 2.16. The third-order valence-electron chi connectivity index (χ3n) is 9.49. The maximum absolute atomic E-state index is 11.8. The van der Waals surface area contributed by atoms with Crippen LogP contribution in [0.2, 0.25) is 0 Å². The minimum atomic E-state index is -0.903. The fourth-order valence-corrected chi connectivity index (χ4v) is 6.11. The highest BCUT2D eigenvalue weighted by atomic mass is 16.5. The maximum Gasteiger partial charge on any atom is 0.305 e. The lowest BCUT2D eigenvalue weighted by Gasteiger charge is -2.14. The van der Waals surface area contributed by atoms with Crippen LogP contribution in [-0.4, -0.2) is 18.5 Å². The summed E-state index contributed by atoms with van der Waals surface area (Å²) in [6.45, 7) is 9.59. The van der Waals surface area contributed by atoms with E-state index in [4.69, 9.17) is 4.74 Å². The Kier molecular flexibility index (Phi) is 42.9. The Morgan fingerprint density at radius 1 is 0.435 bits per heavy atom. The van der Waals surface area contributed by atoms with Crippen LogP contribution in [0, 0.1) is 5.92 Å². The van der Waals surface area contributed by atoms with Gasteiger partial charge >= 0.3 is 5.97 Å².